The van der Waals surface area contributed by atoms with Crippen LogP contribution in [-0.4, -0.2) is 15.9 Å². The second-order valence-corrected chi connectivity index (χ2v) is 4.34. The van der Waals surface area contributed by atoms with Gasteiger partial charge in [0, 0.05) is 29.2 Å². The van der Waals surface area contributed by atoms with Gasteiger partial charge < -0.3 is 10.3 Å². The highest BCUT2D eigenvalue weighted by Gasteiger charge is 2.05. The standard InChI is InChI=1S/C16H13N3O/c20-16(13-4-2-1-3-5-13)19-14-8-6-12(7-9-14)15-17-10-11-18-15/h1-11H,(H,17,18)(H,19,20). The molecular weight excluding hydrogens is 250 g/mol. The van der Waals surface area contributed by atoms with Crippen LogP contribution in [0.25, 0.3) is 11.4 Å². The highest BCUT2D eigenvalue weighted by molar-refractivity contribution is 6.04. The zero-order chi connectivity index (χ0) is 13.8. The molecule has 98 valence electrons. The van der Waals surface area contributed by atoms with Gasteiger partial charge in [0.05, 0.1) is 0 Å². The molecule has 0 bridgehead atoms. The molecule has 0 spiro atoms. The third-order valence-corrected chi connectivity index (χ3v) is 2.95. The van der Waals surface area contributed by atoms with Gasteiger partial charge in [-0.25, -0.2) is 4.98 Å². The fourth-order valence-corrected chi connectivity index (χ4v) is 1.93. The largest absolute Gasteiger partial charge is 0.345 e. The molecule has 0 unspecified atom stereocenters. The molecule has 0 aliphatic carbocycles. The summed E-state index contributed by atoms with van der Waals surface area (Å²) in [5.41, 5.74) is 2.38. The Labute approximate surface area is 116 Å². The maximum Gasteiger partial charge on any atom is 0.255 e. The Hall–Kier alpha value is -2.88. The van der Waals surface area contributed by atoms with Crippen molar-refractivity contribution in [3.63, 3.8) is 0 Å². The van der Waals surface area contributed by atoms with Crippen molar-refractivity contribution in [2.24, 2.45) is 0 Å². The van der Waals surface area contributed by atoms with Crippen molar-refractivity contribution >= 4 is 11.6 Å². The van der Waals surface area contributed by atoms with Crippen molar-refractivity contribution in [2.75, 3.05) is 5.32 Å². The minimum Gasteiger partial charge on any atom is -0.345 e. The van der Waals surface area contributed by atoms with E-state index in [1.807, 2.05) is 42.5 Å². The van der Waals surface area contributed by atoms with E-state index in [-0.39, 0.29) is 5.91 Å². The summed E-state index contributed by atoms with van der Waals surface area (Å²) in [7, 11) is 0. The number of aromatic amines is 1. The van der Waals surface area contributed by atoms with Crippen molar-refractivity contribution in [3.8, 4) is 11.4 Å². The highest BCUT2D eigenvalue weighted by Crippen LogP contribution is 2.18. The summed E-state index contributed by atoms with van der Waals surface area (Å²) in [6.07, 6.45) is 3.49. The van der Waals surface area contributed by atoms with Gasteiger partial charge >= 0.3 is 0 Å². The van der Waals surface area contributed by atoms with Crippen LogP contribution in [0.4, 0.5) is 5.69 Å². The highest BCUT2D eigenvalue weighted by atomic mass is 16.1. The first-order valence-corrected chi connectivity index (χ1v) is 6.29. The molecule has 1 aromatic heterocycles. The number of rotatable bonds is 3. The third kappa shape index (κ3) is 2.59. The van der Waals surface area contributed by atoms with Gasteiger partial charge in [0.25, 0.3) is 5.91 Å². The van der Waals surface area contributed by atoms with Crippen LogP contribution < -0.4 is 5.32 Å². The summed E-state index contributed by atoms with van der Waals surface area (Å²) >= 11 is 0. The number of carbonyl (C=O) groups excluding carboxylic acids is 1. The molecule has 0 saturated heterocycles. The predicted octanol–water partition coefficient (Wildman–Crippen LogP) is 3.33. The second kappa shape index (κ2) is 5.40. The summed E-state index contributed by atoms with van der Waals surface area (Å²) in [4.78, 5) is 19.2. The topological polar surface area (TPSA) is 57.8 Å². The third-order valence-electron chi connectivity index (χ3n) is 2.95. The summed E-state index contributed by atoms with van der Waals surface area (Å²) in [6.45, 7) is 0. The van der Waals surface area contributed by atoms with Gasteiger partial charge in [-0.15, -0.1) is 0 Å². The maximum absolute atomic E-state index is 12.0. The SMILES string of the molecule is O=C(Nc1ccc(-c2ncc[nH]2)cc1)c1ccccc1. The van der Waals surface area contributed by atoms with E-state index in [2.05, 4.69) is 15.3 Å². The van der Waals surface area contributed by atoms with E-state index in [1.54, 1.807) is 24.5 Å². The van der Waals surface area contributed by atoms with E-state index in [4.69, 9.17) is 0 Å². The van der Waals surface area contributed by atoms with Crippen molar-refractivity contribution in [1.82, 2.24) is 9.97 Å². The van der Waals surface area contributed by atoms with Crippen LogP contribution >= 0.6 is 0 Å². The number of nitrogens with one attached hydrogen (secondary N) is 2. The van der Waals surface area contributed by atoms with Crippen molar-refractivity contribution in [1.29, 1.82) is 0 Å². The number of hydrogen-bond acceptors (Lipinski definition) is 2. The number of aromatic nitrogens is 2. The fourth-order valence-electron chi connectivity index (χ4n) is 1.93. The van der Waals surface area contributed by atoms with Gasteiger partial charge in [-0.2, -0.15) is 0 Å². The number of nitrogens with zero attached hydrogens (tertiary/aromatic N) is 1. The molecule has 1 amide bonds. The monoisotopic (exact) mass is 263 g/mol. The molecule has 4 nitrogen and oxygen atoms in total. The lowest BCUT2D eigenvalue weighted by Gasteiger charge is -2.05. The molecule has 20 heavy (non-hydrogen) atoms. The lowest BCUT2D eigenvalue weighted by Crippen LogP contribution is -2.11. The van der Waals surface area contributed by atoms with Gasteiger partial charge in [0.1, 0.15) is 5.82 Å². The summed E-state index contributed by atoms with van der Waals surface area (Å²) in [5.74, 6) is 0.697. The van der Waals surface area contributed by atoms with Gasteiger partial charge in [0.2, 0.25) is 0 Å². The first-order chi connectivity index (χ1) is 9.83. The van der Waals surface area contributed by atoms with E-state index in [9.17, 15) is 4.79 Å². The van der Waals surface area contributed by atoms with Crippen LogP contribution in [0.5, 0.6) is 0 Å². The number of H-pyrrole nitrogens is 1. The van der Waals surface area contributed by atoms with Crippen LogP contribution in [0, 0.1) is 0 Å². The Morgan fingerprint density at radius 2 is 1.75 bits per heavy atom. The van der Waals surface area contributed by atoms with Crippen LogP contribution in [0.2, 0.25) is 0 Å². The Morgan fingerprint density at radius 3 is 2.40 bits per heavy atom. The smallest absolute Gasteiger partial charge is 0.255 e. The number of carbonyl (C=O) groups is 1. The molecule has 0 fully saturated rings. The number of benzene rings is 2. The summed E-state index contributed by atoms with van der Waals surface area (Å²) < 4.78 is 0. The molecule has 0 saturated carbocycles. The molecule has 0 aliphatic rings. The van der Waals surface area contributed by atoms with E-state index in [0.717, 1.165) is 17.1 Å². The zero-order valence-electron chi connectivity index (χ0n) is 10.7. The van der Waals surface area contributed by atoms with E-state index < -0.39 is 0 Å². The minimum absolute atomic E-state index is 0.114. The van der Waals surface area contributed by atoms with Crippen LogP contribution in [0.15, 0.2) is 67.0 Å². The van der Waals surface area contributed by atoms with E-state index in [0.29, 0.717) is 5.56 Å². The normalized spacial score (nSPS) is 10.2. The molecule has 2 N–H and O–H groups in total. The molecule has 0 radical (unpaired) electrons. The first-order valence-electron chi connectivity index (χ1n) is 6.29. The molecule has 3 rings (SSSR count). The Balaban J connectivity index is 1.74. The second-order valence-electron chi connectivity index (χ2n) is 4.34. The fraction of sp³-hybridized carbons (Fsp3) is 0. The quantitative estimate of drug-likeness (QED) is 0.761. The van der Waals surface area contributed by atoms with Crippen molar-refractivity contribution in [2.45, 2.75) is 0 Å². The number of imidazole rings is 1. The van der Waals surface area contributed by atoms with Crippen LogP contribution in [0.3, 0.4) is 0 Å². The average molecular weight is 263 g/mol. The van der Waals surface area contributed by atoms with Crippen LogP contribution in [0.1, 0.15) is 10.4 Å². The van der Waals surface area contributed by atoms with Gasteiger partial charge in [-0.05, 0) is 36.4 Å². The maximum atomic E-state index is 12.0. The van der Waals surface area contributed by atoms with Gasteiger partial charge in [-0.1, -0.05) is 18.2 Å². The number of amides is 1. The minimum atomic E-state index is -0.114. The Morgan fingerprint density at radius 1 is 1.00 bits per heavy atom. The Kier molecular flexibility index (Phi) is 3.29. The van der Waals surface area contributed by atoms with E-state index in [1.165, 1.54) is 0 Å². The molecule has 3 aromatic rings. The lowest BCUT2D eigenvalue weighted by molar-refractivity contribution is 0.102. The predicted molar refractivity (Wildman–Crippen MR) is 78.4 cm³/mol. The van der Waals surface area contributed by atoms with Crippen LogP contribution in [-0.2, 0) is 0 Å². The number of anilines is 1. The summed E-state index contributed by atoms with van der Waals surface area (Å²) in [5, 5.41) is 2.86. The molecule has 2 aromatic carbocycles. The summed E-state index contributed by atoms with van der Waals surface area (Å²) in [6, 6.07) is 16.7. The molecule has 4 heteroatoms. The van der Waals surface area contributed by atoms with Crippen molar-refractivity contribution in [3.05, 3.63) is 72.6 Å². The van der Waals surface area contributed by atoms with Gasteiger partial charge in [0.15, 0.2) is 0 Å². The average Bonchev–Trinajstić information content (AvgIpc) is 3.03. The Bertz CT molecular complexity index is 688. The molecule has 0 atom stereocenters. The molecular formula is C16H13N3O. The van der Waals surface area contributed by atoms with Gasteiger partial charge in [-0.3, -0.25) is 4.79 Å². The molecule has 1 heterocycles. The zero-order valence-corrected chi connectivity index (χ0v) is 10.7. The van der Waals surface area contributed by atoms with Crippen molar-refractivity contribution < 1.29 is 4.79 Å². The lowest BCUT2D eigenvalue weighted by atomic mass is 10.1. The number of hydrogen-bond donors (Lipinski definition) is 2. The van der Waals surface area contributed by atoms with E-state index >= 15 is 0 Å². The first kappa shape index (κ1) is 12.2. The molecule has 0 aliphatic heterocycles.